The van der Waals surface area contributed by atoms with E-state index >= 15 is 0 Å². The molecule has 0 unspecified atom stereocenters. The Morgan fingerprint density at radius 3 is 2.77 bits per heavy atom. The Labute approximate surface area is 153 Å². The Morgan fingerprint density at radius 2 is 1.92 bits per heavy atom. The molecule has 1 heterocycles. The first kappa shape index (κ1) is 18.4. The highest BCUT2D eigenvalue weighted by molar-refractivity contribution is 5.95. The number of rotatable bonds is 5. The van der Waals surface area contributed by atoms with Crippen LogP contribution in [0.15, 0.2) is 18.2 Å². The van der Waals surface area contributed by atoms with Crippen LogP contribution in [0.1, 0.15) is 50.2 Å². The van der Waals surface area contributed by atoms with Crippen molar-refractivity contribution in [3.8, 4) is 0 Å². The molecule has 1 aliphatic heterocycles. The number of ether oxygens (including phenoxy) is 1. The first-order chi connectivity index (χ1) is 12.5. The van der Waals surface area contributed by atoms with E-state index in [9.17, 15) is 14.4 Å². The van der Waals surface area contributed by atoms with Crippen LogP contribution in [0.25, 0.3) is 0 Å². The Morgan fingerprint density at radius 1 is 1.12 bits per heavy atom. The molecule has 1 aromatic rings. The Bertz CT molecular complexity index is 701. The predicted octanol–water partition coefficient (Wildman–Crippen LogP) is 2.45. The summed E-state index contributed by atoms with van der Waals surface area (Å²) in [5.41, 5.74) is 3.33. The van der Waals surface area contributed by atoms with Crippen molar-refractivity contribution in [3.05, 3.63) is 29.3 Å². The smallest absolute Gasteiger partial charge is 0.326 e. The van der Waals surface area contributed by atoms with E-state index < -0.39 is 12.1 Å². The molecule has 1 atom stereocenters. The maximum atomic E-state index is 12.3. The molecule has 0 saturated carbocycles. The predicted molar refractivity (Wildman–Crippen MR) is 97.7 cm³/mol. The topological polar surface area (TPSA) is 75.7 Å². The van der Waals surface area contributed by atoms with Gasteiger partial charge in [-0.1, -0.05) is 12.5 Å². The van der Waals surface area contributed by atoms with Crippen molar-refractivity contribution >= 4 is 23.5 Å². The lowest BCUT2D eigenvalue weighted by Crippen LogP contribution is -2.38. The summed E-state index contributed by atoms with van der Waals surface area (Å²) < 4.78 is 5.22. The van der Waals surface area contributed by atoms with Crippen molar-refractivity contribution in [1.82, 2.24) is 4.90 Å². The van der Waals surface area contributed by atoms with Gasteiger partial charge < -0.3 is 15.0 Å². The molecule has 2 aliphatic rings. The summed E-state index contributed by atoms with van der Waals surface area (Å²) in [7, 11) is 0. The van der Waals surface area contributed by atoms with Crippen molar-refractivity contribution in [2.75, 3.05) is 18.4 Å². The summed E-state index contributed by atoms with van der Waals surface area (Å²) in [6.07, 6.45) is 5.60. The fourth-order valence-corrected chi connectivity index (χ4v) is 3.54. The molecule has 0 radical (unpaired) electrons. The molecule has 6 nitrogen and oxygen atoms in total. The van der Waals surface area contributed by atoms with Crippen LogP contribution in [0.5, 0.6) is 0 Å². The van der Waals surface area contributed by atoms with Gasteiger partial charge >= 0.3 is 5.97 Å². The van der Waals surface area contributed by atoms with Crippen molar-refractivity contribution in [2.45, 2.75) is 58.0 Å². The summed E-state index contributed by atoms with van der Waals surface area (Å²) in [5, 5.41) is 2.80. The minimum atomic E-state index is -0.905. The summed E-state index contributed by atoms with van der Waals surface area (Å²) in [6.45, 7) is 2.03. The molecule has 2 amide bonds. The average molecular weight is 358 g/mol. The molecule has 26 heavy (non-hydrogen) atoms. The van der Waals surface area contributed by atoms with E-state index in [1.54, 1.807) is 6.92 Å². The molecule has 1 aromatic carbocycles. The van der Waals surface area contributed by atoms with Gasteiger partial charge in [-0.25, -0.2) is 0 Å². The van der Waals surface area contributed by atoms with E-state index in [2.05, 4.69) is 5.32 Å². The van der Waals surface area contributed by atoms with E-state index in [1.165, 1.54) is 16.0 Å². The number of esters is 1. The zero-order chi connectivity index (χ0) is 18.5. The minimum absolute atomic E-state index is 0.0188. The number of anilines is 1. The Kier molecular flexibility index (Phi) is 5.91. The van der Waals surface area contributed by atoms with Crippen LogP contribution in [-0.2, 0) is 32.0 Å². The summed E-state index contributed by atoms with van der Waals surface area (Å²) >= 11 is 0. The number of fused-ring (bicyclic) bond motifs is 1. The van der Waals surface area contributed by atoms with Crippen molar-refractivity contribution in [2.24, 2.45) is 0 Å². The van der Waals surface area contributed by atoms with Crippen LogP contribution in [0.2, 0.25) is 0 Å². The van der Waals surface area contributed by atoms with E-state index in [1.807, 2.05) is 18.2 Å². The van der Waals surface area contributed by atoms with Gasteiger partial charge in [0.2, 0.25) is 5.91 Å². The normalized spacial score (nSPS) is 18.0. The molecule has 6 heteroatoms. The van der Waals surface area contributed by atoms with Gasteiger partial charge in [0.05, 0.1) is 0 Å². The molecule has 0 bridgehead atoms. The molecule has 1 aliphatic carbocycles. The molecule has 1 saturated heterocycles. The third kappa shape index (κ3) is 4.62. The van der Waals surface area contributed by atoms with E-state index in [4.69, 9.17) is 4.74 Å². The number of amides is 2. The number of carbonyl (C=O) groups is 3. The first-order valence-electron chi connectivity index (χ1n) is 9.43. The number of likely N-dealkylation sites (tertiary alicyclic amines) is 1. The highest BCUT2D eigenvalue weighted by Crippen LogP contribution is 2.25. The standard InChI is InChI=1S/C20H26N2O4/c1-14(26-19(24)13-22-11-4-2-3-8-18(22)23)20(25)21-17-10-9-15-6-5-7-16(15)12-17/h9-10,12,14H,2-8,11,13H2,1H3,(H,21,25)/t14-/m0/s1. The molecular formula is C20H26N2O4. The quantitative estimate of drug-likeness (QED) is 0.821. The third-order valence-corrected chi connectivity index (χ3v) is 5.03. The number of carbonyl (C=O) groups excluding carboxylic acids is 3. The van der Waals surface area contributed by atoms with Crippen molar-refractivity contribution < 1.29 is 19.1 Å². The fourth-order valence-electron chi connectivity index (χ4n) is 3.54. The number of nitrogens with zero attached hydrogens (tertiary/aromatic N) is 1. The largest absolute Gasteiger partial charge is 0.451 e. The van der Waals surface area contributed by atoms with Gasteiger partial charge in [-0.2, -0.15) is 0 Å². The van der Waals surface area contributed by atoms with Gasteiger partial charge in [0.1, 0.15) is 6.54 Å². The molecule has 1 N–H and O–H groups in total. The van der Waals surface area contributed by atoms with E-state index in [0.717, 1.165) is 44.2 Å². The van der Waals surface area contributed by atoms with Gasteiger partial charge in [-0.3, -0.25) is 14.4 Å². The number of aryl methyl sites for hydroxylation is 2. The van der Waals surface area contributed by atoms with Gasteiger partial charge in [-0.05, 0) is 62.3 Å². The van der Waals surface area contributed by atoms with Crippen molar-refractivity contribution in [1.29, 1.82) is 0 Å². The molecular weight excluding hydrogens is 332 g/mol. The van der Waals surface area contributed by atoms with Gasteiger partial charge in [0.25, 0.3) is 5.91 Å². The van der Waals surface area contributed by atoms with Crippen LogP contribution in [0.4, 0.5) is 5.69 Å². The first-order valence-corrected chi connectivity index (χ1v) is 9.43. The number of hydrogen-bond donors (Lipinski definition) is 1. The van der Waals surface area contributed by atoms with Crippen LogP contribution < -0.4 is 5.32 Å². The van der Waals surface area contributed by atoms with Crippen LogP contribution in [-0.4, -0.2) is 41.9 Å². The highest BCUT2D eigenvalue weighted by Gasteiger charge is 2.23. The maximum Gasteiger partial charge on any atom is 0.326 e. The fraction of sp³-hybridized carbons (Fsp3) is 0.550. The molecule has 1 fully saturated rings. The molecule has 0 spiro atoms. The monoisotopic (exact) mass is 358 g/mol. The van der Waals surface area contributed by atoms with Gasteiger partial charge in [0.15, 0.2) is 6.10 Å². The van der Waals surface area contributed by atoms with Gasteiger partial charge in [-0.15, -0.1) is 0 Å². The lowest BCUT2D eigenvalue weighted by Gasteiger charge is -2.21. The summed E-state index contributed by atoms with van der Waals surface area (Å²) in [4.78, 5) is 37.9. The van der Waals surface area contributed by atoms with Crippen molar-refractivity contribution in [3.63, 3.8) is 0 Å². The SMILES string of the molecule is C[C@H](OC(=O)CN1CCCCCC1=O)C(=O)Nc1ccc2c(c1)CCC2. The minimum Gasteiger partial charge on any atom is -0.451 e. The number of nitrogens with one attached hydrogen (secondary N) is 1. The summed E-state index contributed by atoms with van der Waals surface area (Å²) in [6, 6.07) is 5.91. The lowest BCUT2D eigenvalue weighted by molar-refractivity contribution is -0.156. The summed E-state index contributed by atoms with van der Waals surface area (Å²) in [5.74, 6) is -0.926. The Hall–Kier alpha value is -2.37. The van der Waals surface area contributed by atoms with E-state index in [0.29, 0.717) is 13.0 Å². The molecule has 140 valence electrons. The second-order valence-electron chi connectivity index (χ2n) is 7.08. The number of benzene rings is 1. The molecule has 3 rings (SSSR count). The lowest BCUT2D eigenvalue weighted by atomic mass is 10.1. The second kappa shape index (κ2) is 8.34. The zero-order valence-electron chi connectivity index (χ0n) is 15.3. The van der Waals surface area contributed by atoms with E-state index in [-0.39, 0.29) is 18.4 Å². The van der Waals surface area contributed by atoms with Crippen LogP contribution in [0.3, 0.4) is 0 Å². The maximum absolute atomic E-state index is 12.3. The van der Waals surface area contributed by atoms with Crippen LogP contribution in [0, 0.1) is 0 Å². The molecule has 0 aromatic heterocycles. The second-order valence-corrected chi connectivity index (χ2v) is 7.08. The average Bonchev–Trinajstić information content (AvgIpc) is 2.98. The Balaban J connectivity index is 1.50. The third-order valence-electron chi connectivity index (χ3n) is 5.03. The van der Waals surface area contributed by atoms with Gasteiger partial charge in [0, 0.05) is 18.7 Å². The number of hydrogen-bond acceptors (Lipinski definition) is 4. The van der Waals surface area contributed by atoms with Crippen LogP contribution >= 0.6 is 0 Å². The highest BCUT2D eigenvalue weighted by atomic mass is 16.5. The zero-order valence-corrected chi connectivity index (χ0v) is 15.3.